The molecule has 0 radical (unpaired) electrons. The van der Waals surface area contributed by atoms with Gasteiger partial charge in [0.1, 0.15) is 10.0 Å². The highest BCUT2D eigenvalue weighted by Crippen LogP contribution is 2.32. The van der Waals surface area contributed by atoms with Crippen LogP contribution in [-0.2, 0) is 0 Å². The smallest absolute Gasteiger partial charge is 0.159 e. The Morgan fingerprint density at radius 2 is 2.09 bits per heavy atom. The average Bonchev–Trinajstić information content (AvgIpc) is 1.99. The molecule has 0 atom stereocenters. The van der Waals surface area contributed by atoms with Crippen molar-refractivity contribution >= 4 is 23.2 Å². The van der Waals surface area contributed by atoms with Gasteiger partial charge in [0.2, 0.25) is 0 Å². The minimum absolute atomic E-state index is 0.433. The third-order valence-electron chi connectivity index (χ3n) is 1.31. The van der Waals surface area contributed by atoms with Gasteiger partial charge in [0.05, 0.1) is 12.8 Å². The number of rotatable bonds is 1. The molecule has 1 aromatic heterocycles. The van der Waals surface area contributed by atoms with Gasteiger partial charge in [-0.15, -0.1) is 0 Å². The molecule has 0 unspecified atom stereocenters. The second-order valence-corrected chi connectivity index (χ2v) is 2.82. The van der Waals surface area contributed by atoms with Crippen LogP contribution in [0.4, 0.5) is 0 Å². The number of hydrogen-bond acceptors (Lipinski definition) is 2. The lowest BCUT2D eigenvalue weighted by Gasteiger charge is -2.05. The third-order valence-corrected chi connectivity index (χ3v) is 2.02. The van der Waals surface area contributed by atoms with E-state index in [0.717, 1.165) is 0 Å². The minimum atomic E-state index is 0.433. The molecule has 0 saturated heterocycles. The molecule has 0 amide bonds. The Labute approximate surface area is 75.1 Å². The highest BCUT2D eigenvalue weighted by Gasteiger charge is 2.08. The maximum absolute atomic E-state index is 5.83. The Hall–Kier alpha value is -0.470. The lowest BCUT2D eigenvalue weighted by molar-refractivity contribution is 0.414. The lowest BCUT2D eigenvalue weighted by Crippen LogP contribution is -1.90. The number of nitrogens with zero attached hydrogens (tertiary/aromatic N) is 1. The van der Waals surface area contributed by atoms with E-state index < -0.39 is 0 Å². The van der Waals surface area contributed by atoms with E-state index in [1.54, 1.807) is 6.92 Å². The van der Waals surface area contributed by atoms with Crippen LogP contribution in [0, 0.1) is 6.92 Å². The second kappa shape index (κ2) is 3.28. The molecule has 0 aliphatic heterocycles. The normalized spacial score (nSPS) is 9.82. The van der Waals surface area contributed by atoms with Gasteiger partial charge in [-0.05, 0) is 6.92 Å². The summed E-state index contributed by atoms with van der Waals surface area (Å²) in [5.41, 5.74) is 0.716. The van der Waals surface area contributed by atoms with Gasteiger partial charge in [-0.1, -0.05) is 23.2 Å². The number of halogens is 2. The van der Waals surface area contributed by atoms with Crippen LogP contribution in [-0.4, -0.2) is 12.1 Å². The van der Waals surface area contributed by atoms with Gasteiger partial charge in [0.25, 0.3) is 0 Å². The molecule has 11 heavy (non-hydrogen) atoms. The van der Waals surface area contributed by atoms with Gasteiger partial charge in [-0.2, -0.15) is 0 Å². The fourth-order valence-electron chi connectivity index (χ4n) is 0.725. The van der Waals surface area contributed by atoms with E-state index in [1.165, 1.54) is 13.3 Å². The first kappa shape index (κ1) is 8.62. The maximum Gasteiger partial charge on any atom is 0.159 e. The second-order valence-electron chi connectivity index (χ2n) is 2.04. The topological polar surface area (TPSA) is 22.1 Å². The van der Waals surface area contributed by atoms with Crippen molar-refractivity contribution in [3.8, 4) is 5.75 Å². The standard InChI is InChI=1S/C7H7Cl2NO/c1-4-6(9)7(11-2)5(8)3-10-4/h3H,1-2H3. The summed E-state index contributed by atoms with van der Waals surface area (Å²) in [5, 5.41) is 0.906. The highest BCUT2D eigenvalue weighted by atomic mass is 35.5. The molecule has 0 bridgehead atoms. The number of methoxy groups -OCH3 is 1. The molecule has 1 rings (SSSR count). The summed E-state index contributed by atoms with van der Waals surface area (Å²) < 4.78 is 4.95. The number of pyridine rings is 1. The van der Waals surface area contributed by atoms with Crippen molar-refractivity contribution in [1.82, 2.24) is 4.98 Å². The van der Waals surface area contributed by atoms with Crippen LogP contribution in [0.3, 0.4) is 0 Å². The largest absolute Gasteiger partial charge is 0.493 e. The van der Waals surface area contributed by atoms with E-state index in [0.29, 0.717) is 21.5 Å². The van der Waals surface area contributed by atoms with E-state index in [-0.39, 0.29) is 0 Å². The summed E-state index contributed by atoms with van der Waals surface area (Å²) in [5.74, 6) is 0.487. The number of aromatic nitrogens is 1. The van der Waals surface area contributed by atoms with Gasteiger partial charge < -0.3 is 4.74 Å². The first-order chi connectivity index (χ1) is 5.16. The van der Waals surface area contributed by atoms with Crippen LogP contribution >= 0.6 is 23.2 Å². The van der Waals surface area contributed by atoms with Gasteiger partial charge in [-0.3, -0.25) is 4.98 Å². The molecule has 0 aliphatic rings. The van der Waals surface area contributed by atoms with Crippen molar-refractivity contribution in [2.24, 2.45) is 0 Å². The third kappa shape index (κ3) is 1.57. The maximum atomic E-state index is 5.83. The Balaban J connectivity index is 3.29. The molecule has 0 aliphatic carbocycles. The van der Waals surface area contributed by atoms with Crippen molar-refractivity contribution in [2.75, 3.05) is 7.11 Å². The number of aryl methyl sites for hydroxylation is 1. The highest BCUT2D eigenvalue weighted by molar-refractivity contribution is 6.37. The zero-order valence-corrected chi connectivity index (χ0v) is 7.70. The Kier molecular flexibility index (Phi) is 2.58. The summed E-state index contributed by atoms with van der Waals surface area (Å²) >= 11 is 11.6. The van der Waals surface area contributed by atoms with E-state index in [1.807, 2.05) is 0 Å². The van der Waals surface area contributed by atoms with Crippen molar-refractivity contribution in [3.05, 3.63) is 21.9 Å². The van der Waals surface area contributed by atoms with Crippen molar-refractivity contribution in [3.63, 3.8) is 0 Å². The first-order valence-electron chi connectivity index (χ1n) is 3.01. The zero-order chi connectivity index (χ0) is 8.43. The average molecular weight is 192 g/mol. The molecule has 4 heteroatoms. The Morgan fingerprint density at radius 1 is 1.45 bits per heavy atom. The molecule has 0 spiro atoms. The molecule has 2 nitrogen and oxygen atoms in total. The van der Waals surface area contributed by atoms with E-state index in [4.69, 9.17) is 27.9 Å². The van der Waals surface area contributed by atoms with Crippen molar-refractivity contribution in [2.45, 2.75) is 6.92 Å². The van der Waals surface area contributed by atoms with Crippen LogP contribution in [0.2, 0.25) is 10.0 Å². The SMILES string of the molecule is COc1c(Cl)cnc(C)c1Cl. The number of ether oxygens (including phenoxy) is 1. The van der Waals surface area contributed by atoms with Gasteiger partial charge in [0.15, 0.2) is 5.75 Å². The van der Waals surface area contributed by atoms with Crippen LogP contribution in [0.5, 0.6) is 5.75 Å². The van der Waals surface area contributed by atoms with Crippen molar-refractivity contribution < 1.29 is 4.74 Å². The lowest BCUT2D eigenvalue weighted by atomic mass is 10.3. The summed E-state index contributed by atoms with van der Waals surface area (Å²) in [7, 11) is 1.52. The van der Waals surface area contributed by atoms with Crippen LogP contribution in [0.1, 0.15) is 5.69 Å². The van der Waals surface area contributed by atoms with E-state index in [9.17, 15) is 0 Å². The molecule has 0 fully saturated rings. The van der Waals surface area contributed by atoms with Crippen LogP contribution in [0.25, 0.3) is 0 Å². The molecular weight excluding hydrogens is 185 g/mol. The predicted octanol–water partition coefficient (Wildman–Crippen LogP) is 2.71. The summed E-state index contributed by atoms with van der Waals surface area (Å²) in [6.45, 7) is 1.79. The van der Waals surface area contributed by atoms with Gasteiger partial charge in [-0.25, -0.2) is 0 Å². The number of hydrogen-bond donors (Lipinski definition) is 0. The summed E-state index contributed by atoms with van der Waals surface area (Å²) in [6, 6.07) is 0. The molecule has 0 aromatic carbocycles. The predicted molar refractivity (Wildman–Crippen MR) is 45.5 cm³/mol. The molecule has 1 heterocycles. The first-order valence-corrected chi connectivity index (χ1v) is 3.77. The fourth-order valence-corrected chi connectivity index (χ4v) is 1.22. The molecule has 60 valence electrons. The summed E-state index contributed by atoms with van der Waals surface area (Å²) in [4.78, 5) is 3.94. The van der Waals surface area contributed by atoms with E-state index >= 15 is 0 Å². The molecular formula is C7H7Cl2NO. The van der Waals surface area contributed by atoms with Gasteiger partial charge in [0, 0.05) is 6.20 Å². The van der Waals surface area contributed by atoms with E-state index in [2.05, 4.69) is 4.98 Å². The Bertz CT molecular complexity index is 275. The van der Waals surface area contributed by atoms with Crippen molar-refractivity contribution in [1.29, 1.82) is 0 Å². The fraction of sp³-hybridized carbons (Fsp3) is 0.286. The van der Waals surface area contributed by atoms with Gasteiger partial charge >= 0.3 is 0 Å². The molecule has 0 saturated carbocycles. The monoisotopic (exact) mass is 191 g/mol. The summed E-state index contributed by atoms with van der Waals surface area (Å²) in [6.07, 6.45) is 1.52. The Morgan fingerprint density at radius 3 is 2.55 bits per heavy atom. The quantitative estimate of drug-likeness (QED) is 0.682. The molecule has 1 aromatic rings. The minimum Gasteiger partial charge on any atom is -0.493 e. The zero-order valence-electron chi connectivity index (χ0n) is 6.19. The van der Waals surface area contributed by atoms with Crippen LogP contribution < -0.4 is 4.74 Å². The van der Waals surface area contributed by atoms with Crippen LogP contribution in [0.15, 0.2) is 6.20 Å². The molecule has 0 N–H and O–H groups in total.